The third-order valence-corrected chi connectivity index (χ3v) is 3.74. The molecule has 0 radical (unpaired) electrons. The van der Waals surface area contributed by atoms with Crippen LogP contribution in [0.3, 0.4) is 0 Å². The molecule has 2 fully saturated rings. The monoisotopic (exact) mass is 235 g/mol. The molecule has 1 aromatic rings. The highest BCUT2D eigenvalue weighted by Gasteiger charge is 2.52. The summed E-state index contributed by atoms with van der Waals surface area (Å²) < 4.78 is 0. The average Bonchev–Trinajstić information content (AvgIpc) is 2.99. The minimum atomic E-state index is -0.416. The van der Waals surface area contributed by atoms with Crippen LogP contribution in [0, 0.1) is 5.41 Å². The van der Waals surface area contributed by atoms with Crippen molar-refractivity contribution in [3.8, 4) is 0 Å². The second kappa shape index (κ2) is 3.61. The molecule has 1 aliphatic carbocycles. The van der Waals surface area contributed by atoms with Crippen molar-refractivity contribution in [3.05, 3.63) is 5.82 Å². The first-order valence-electron chi connectivity index (χ1n) is 5.78. The fourth-order valence-corrected chi connectivity index (χ4v) is 2.85. The van der Waals surface area contributed by atoms with Gasteiger partial charge in [-0.25, -0.2) is 0 Å². The molecular formula is C10H13N5O2. The minimum absolute atomic E-state index is 0.0511. The van der Waals surface area contributed by atoms with Crippen molar-refractivity contribution >= 4 is 11.8 Å². The minimum Gasteiger partial charge on any atom is -0.274 e. The zero-order valence-electron chi connectivity index (χ0n) is 9.35. The van der Waals surface area contributed by atoms with Crippen molar-refractivity contribution < 1.29 is 9.59 Å². The lowest BCUT2D eigenvalue weighted by Crippen LogP contribution is -2.34. The van der Waals surface area contributed by atoms with Gasteiger partial charge in [-0.3, -0.25) is 14.5 Å². The number of carbonyl (C=O) groups excluding carboxylic acids is 2. The van der Waals surface area contributed by atoms with E-state index in [1.807, 2.05) is 0 Å². The van der Waals surface area contributed by atoms with Crippen LogP contribution in [0.15, 0.2) is 0 Å². The van der Waals surface area contributed by atoms with Gasteiger partial charge < -0.3 is 0 Å². The van der Waals surface area contributed by atoms with Gasteiger partial charge in [0.2, 0.25) is 11.8 Å². The molecule has 17 heavy (non-hydrogen) atoms. The van der Waals surface area contributed by atoms with Gasteiger partial charge in [0.25, 0.3) is 0 Å². The van der Waals surface area contributed by atoms with Crippen molar-refractivity contribution in [2.45, 2.75) is 38.6 Å². The third-order valence-electron chi connectivity index (χ3n) is 3.74. The molecule has 2 aliphatic rings. The van der Waals surface area contributed by atoms with Crippen LogP contribution < -0.4 is 0 Å². The highest BCUT2D eigenvalue weighted by molar-refractivity contribution is 6.05. The number of imide groups is 1. The smallest absolute Gasteiger partial charge is 0.236 e. The SMILES string of the molecule is O=C1CC2(CCCC2)C(=O)N1Cc1nn[nH]n1. The second-order valence-corrected chi connectivity index (χ2v) is 4.78. The number of rotatable bonds is 2. The van der Waals surface area contributed by atoms with E-state index in [0.717, 1.165) is 25.7 Å². The number of nitrogens with zero attached hydrogens (tertiary/aromatic N) is 4. The number of nitrogens with one attached hydrogen (secondary N) is 1. The largest absolute Gasteiger partial charge is 0.274 e. The number of aromatic nitrogens is 4. The van der Waals surface area contributed by atoms with Gasteiger partial charge in [-0.1, -0.05) is 18.1 Å². The molecule has 7 heteroatoms. The summed E-state index contributed by atoms with van der Waals surface area (Å²) in [6.45, 7) is 0.135. The Morgan fingerprint density at radius 3 is 2.71 bits per heavy atom. The number of aromatic amines is 1. The number of carbonyl (C=O) groups is 2. The number of amides is 2. The van der Waals surface area contributed by atoms with Crippen molar-refractivity contribution in [1.29, 1.82) is 0 Å². The Morgan fingerprint density at radius 2 is 2.06 bits per heavy atom. The van der Waals surface area contributed by atoms with Gasteiger partial charge in [0.1, 0.15) is 0 Å². The second-order valence-electron chi connectivity index (χ2n) is 4.78. The van der Waals surface area contributed by atoms with E-state index in [1.54, 1.807) is 0 Å². The molecule has 2 amide bonds. The van der Waals surface area contributed by atoms with Crippen LogP contribution in [0.1, 0.15) is 37.9 Å². The molecule has 1 aromatic heterocycles. The standard InChI is InChI=1S/C10H13N5O2/c16-8-5-10(3-1-2-4-10)9(17)15(8)6-7-11-13-14-12-7/h1-6H2,(H,11,12,13,14). The molecule has 7 nitrogen and oxygen atoms in total. The van der Waals surface area contributed by atoms with Crippen LogP contribution in [-0.2, 0) is 16.1 Å². The highest BCUT2D eigenvalue weighted by atomic mass is 16.2. The molecule has 1 saturated carbocycles. The quantitative estimate of drug-likeness (QED) is 0.729. The van der Waals surface area contributed by atoms with E-state index in [2.05, 4.69) is 20.6 Å². The number of likely N-dealkylation sites (tertiary alicyclic amines) is 1. The molecule has 1 spiro atoms. The Labute approximate surface area is 97.6 Å². The van der Waals surface area contributed by atoms with Gasteiger partial charge in [0.15, 0.2) is 5.82 Å². The maximum atomic E-state index is 12.3. The lowest BCUT2D eigenvalue weighted by atomic mass is 9.84. The third kappa shape index (κ3) is 1.53. The lowest BCUT2D eigenvalue weighted by Gasteiger charge is -2.19. The topological polar surface area (TPSA) is 91.8 Å². The summed E-state index contributed by atoms with van der Waals surface area (Å²) in [5, 5.41) is 13.3. The number of tetrazole rings is 1. The Balaban J connectivity index is 1.82. The van der Waals surface area contributed by atoms with Crippen molar-refractivity contribution in [2.75, 3.05) is 0 Å². The van der Waals surface area contributed by atoms with Crippen LogP contribution in [0.4, 0.5) is 0 Å². The van der Waals surface area contributed by atoms with Gasteiger partial charge in [-0.15, -0.1) is 10.2 Å². The van der Waals surface area contributed by atoms with E-state index in [0.29, 0.717) is 12.2 Å². The zero-order chi connectivity index (χ0) is 11.9. The first kappa shape index (κ1) is 10.4. The van der Waals surface area contributed by atoms with Crippen LogP contribution in [0.2, 0.25) is 0 Å². The molecule has 2 heterocycles. The fourth-order valence-electron chi connectivity index (χ4n) is 2.85. The van der Waals surface area contributed by atoms with Crippen LogP contribution in [0.25, 0.3) is 0 Å². The normalized spacial score (nSPS) is 22.9. The number of hydrogen-bond acceptors (Lipinski definition) is 5. The predicted molar refractivity (Wildman–Crippen MR) is 55.3 cm³/mol. The summed E-state index contributed by atoms with van der Waals surface area (Å²) in [5.41, 5.74) is -0.416. The first-order chi connectivity index (χ1) is 8.21. The molecule has 0 unspecified atom stereocenters. The fraction of sp³-hybridized carbons (Fsp3) is 0.700. The number of hydrogen-bond donors (Lipinski definition) is 1. The van der Waals surface area contributed by atoms with E-state index < -0.39 is 5.41 Å². The maximum absolute atomic E-state index is 12.3. The molecule has 1 aliphatic heterocycles. The Morgan fingerprint density at radius 1 is 1.29 bits per heavy atom. The van der Waals surface area contributed by atoms with Crippen molar-refractivity contribution in [3.63, 3.8) is 0 Å². The van der Waals surface area contributed by atoms with Crippen LogP contribution in [0.5, 0.6) is 0 Å². The summed E-state index contributed by atoms with van der Waals surface area (Å²) in [5.74, 6) is 0.216. The first-order valence-corrected chi connectivity index (χ1v) is 5.78. The average molecular weight is 235 g/mol. The van der Waals surface area contributed by atoms with Gasteiger partial charge in [-0.05, 0) is 12.8 Å². The summed E-state index contributed by atoms with van der Waals surface area (Å²) in [6.07, 6.45) is 4.09. The molecule has 0 atom stereocenters. The van der Waals surface area contributed by atoms with E-state index in [4.69, 9.17) is 0 Å². The number of H-pyrrole nitrogens is 1. The molecular weight excluding hydrogens is 222 g/mol. The van der Waals surface area contributed by atoms with E-state index in [1.165, 1.54) is 4.90 Å². The molecule has 0 aromatic carbocycles. The van der Waals surface area contributed by atoms with Gasteiger partial charge in [0, 0.05) is 6.42 Å². The van der Waals surface area contributed by atoms with Crippen LogP contribution >= 0.6 is 0 Å². The van der Waals surface area contributed by atoms with Crippen LogP contribution in [-0.4, -0.2) is 37.3 Å². The zero-order valence-corrected chi connectivity index (χ0v) is 9.35. The van der Waals surface area contributed by atoms with Gasteiger partial charge in [-0.2, -0.15) is 5.21 Å². The summed E-state index contributed by atoms with van der Waals surface area (Å²) in [4.78, 5) is 25.5. The Kier molecular flexibility index (Phi) is 2.20. The maximum Gasteiger partial charge on any atom is 0.236 e. The van der Waals surface area contributed by atoms with E-state index in [9.17, 15) is 9.59 Å². The highest BCUT2D eigenvalue weighted by Crippen LogP contribution is 2.46. The van der Waals surface area contributed by atoms with E-state index >= 15 is 0 Å². The summed E-state index contributed by atoms with van der Waals surface area (Å²) >= 11 is 0. The van der Waals surface area contributed by atoms with Gasteiger partial charge in [0.05, 0.1) is 12.0 Å². The Hall–Kier alpha value is -1.79. The van der Waals surface area contributed by atoms with E-state index in [-0.39, 0.29) is 18.4 Å². The van der Waals surface area contributed by atoms with Crippen molar-refractivity contribution in [1.82, 2.24) is 25.5 Å². The molecule has 1 N–H and O–H groups in total. The predicted octanol–water partition coefficient (Wildman–Crippen LogP) is 0.0190. The molecule has 3 rings (SSSR count). The van der Waals surface area contributed by atoms with Gasteiger partial charge >= 0.3 is 0 Å². The molecule has 90 valence electrons. The molecule has 0 bridgehead atoms. The van der Waals surface area contributed by atoms with Crippen molar-refractivity contribution in [2.24, 2.45) is 5.41 Å². The Bertz CT molecular complexity index is 449. The molecule has 1 saturated heterocycles. The summed E-state index contributed by atoms with van der Waals surface area (Å²) in [6, 6.07) is 0. The summed E-state index contributed by atoms with van der Waals surface area (Å²) in [7, 11) is 0. The lowest BCUT2D eigenvalue weighted by molar-refractivity contribution is -0.142.